The Morgan fingerprint density at radius 1 is 0.865 bits per heavy atom. The number of rotatable bonds is 12. The molecule has 0 aliphatic rings. The van der Waals surface area contributed by atoms with Gasteiger partial charge in [-0.15, -0.1) is 0 Å². The summed E-state index contributed by atoms with van der Waals surface area (Å²) in [6.07, 6.45) is 0.412. The molecule has 1 N–H and O–H groups in total. The average molecular weight is 566 g/mol. The minimum absolute atomic E-state index is 0.150. The topological polar surface area (TPSA) is 58.6 Å². The fraction of sp³-hybridized carbons (Fsp3) is 0.355. The van der Waals surface area contributed by atoms with Gasteiger partial charge in [0, 0.05) is 24.0 Å². The molecule has 0 heterocycles. The molecule has 0 aliphatic carbocycles. The first-order chi connectivity index (χ1) is 17.7. The fourth-order valence-electron chi connectivity index (χ4n) is 4.07. The third-order valence-electron chi connectivity index (χ3n) is 6.11. The van der Waals surface area contributed by atoms with Crippen LogP contribution in [0.4, 0.5) is 0 Å². The number of para-hydroxylation sites is 1. The van der Waals surface area contributed by atoms with Gasteiger partial charge in [-0.25, -0.2) is 0 Å². The van der Waals surface area contributed by atoms with E-state index in [1.165, 1.54) is 0 Å². The summed E-state index contributed by atoms with van der Waals surface area (Å²) in [5.41, 5.74) is 2.98. The molecule has 0 bridgehead atoms. The molecule has 37 heavy (non-hydrogen) atoms. The first-order valence-electron chi connectivity index (χ1n) is 12.8. The third kappa shape index (κ3) is 8.74. The zero-order valence-corrected chi connectivity index (χ0v) is 23.7. The van der Waals surface area contributed by atoms with E-state index in [0.29, 0.717) is 31.2 Å². The zero-order valence-electron chi connectivity index (χ0n) is 22.1. The second-order valence-corrected chi connectivity index (χ2v) is 10.9. The van der Waals surface area contributed by atoms with Crippen LogP contribution in [0.1, 0.15) is 50.3 Å². The van der Waals surface area contributed by atoms with E-state index in [-0.39, 0.29) is 24.3 Å². The fourth-order valence-corrected chi connectivity index (χ4v) is 4.34. The Bertz CT molecular complexity index is 1150. The quantitative estimate of drug-likeness (QED) is 0.278. The average Bonchev–Trinajstić information content (AvgIpc) is 2.89. The number of benzene rings is 3. The van der Waals surface area contributed by atoms with Crippen molar-refractivity contribution in [3.05, 3.63) is 100 Å². The van der Waals surface area contributed by atoms with Gasteiger partial charge in [-0.1, -0.05) is 104 Å². The van der Waals surface area contributed by atoms with E-state index < -0.39 is 6.04 Å². The number of nitrogens with zero attached hydrogens (tertiary/aromatic N) is 1. The second-order valence-electron chi connectivity index (χ2n) is 9.97. The van der Waals surface area contributed by atoms with Crippen LogP contribution in [0.5, 0.6) is 5.75 Å². The van der Waals surface area contributed by atoms with Crippen LogP contribution in [-0.4, -0.2) is 35.9 Å². The zero-order chi connectivity index (χ0) is 26.8. The van der Waals surface area contributed by atoms with Gasteiger partial charge >= 0.3 is 0 Å². The van der Waals surface area contributed by atoms with Crippen LogP contribution in [0, 0.1) is 5.92 Å². The van der Waals surface area contributed by atoms with Gasteiger partial charge in [0.15, 0.2) is 6.61 Å². The van der Waals surface area contributed by atoms with Gasteiger partial charge in [-0.2, -0.15) is 0 Å². The summed E-state index contributed by atoms with van der Waals surface area (Å²) in [5.74, 6) is 0.858. The van der Waals surface area contributed by atoms with E-state index in [9.17, 15) is 9.59 Å². The molecule has 0 aromatic heterocycles. The molecule has 3 aromatic rings. The molecule has 0 spiro atoms. The third-order valence-corrected chi connectivity index (χ3v) is 6.64. The number of ether oxygens (including phenoxy) is 1. The molecule has 0 fully saturated rings. The standard InChI is InChI=1S/C31H37BrN2O3/c1-22(2)19-33-31(36)28(18-24-10-6-5-7-11-24)34(20-25-14-16-26(32)17-15-25)30(35)21-37-29-13-9-8-12-27(29)23(3)4/h5-17,22-23,28H,18-21H2,1-4H3,(H,33,36)/t28-/m1/s1. The van der Waals surface area contributed by atoms with Gasteiger partial charge in [-0.05, 0) is 46.7 Å². The minimum atomic E-state index is -0.679. The number of nitrogens with one attached hydrogen (secondary N) is 1. The number of carbonyl (C=O) groups is 2. The smallest absolute Gasteiger partial charge is 0.261 e. The Balaban J connectivity index is 1.91. The second kappa shape index (κ2) is 14.0. The van der Waals surface area contributed by atoms with Crippen LogP contribution in [0.3, 0.4) is 0 Å². The summed E-state index contributed by atoms with van der Waals surface area (Å²) in [6.45, 7) is 8.99. The Labute approximate surface area is 229 Å². The van der Waals surface area contributed by atoms with Gasteiger partial charge in [0.2, 0.25) is 5.91 Å². The largest absolute Gasteiger partial charge is 0.483 e. The van der Waals surface area contributed by atoms with E-state index in [1.54, 1.807) is 4.90 Å². The van der Waals surface area contributed by atoms with Gasteiger partial charge in [-0.3, -0.25) is 9.59 Å². The van der Waals surface area contributed by atoms with Crippen LogP contribution in [0.2, 0.25) is 0 Å². The van der Waals surface area contributed by atoms with E-state index in [2.05, 4.69) is 48.9 Å². The number of hydrogen-bond acceptors (Lipinski definition) is 3. The number of carbonyl (C=O) groups excluding carboxylic acids is 2. The Morgan fingerprint density at radius 3 is 2.16 bits per heavy atom. The molecule has 2 amide bonds. The highest BCUT2D eigenvalue weighted by molar-refractivity contribution is 9.10. The maximum atomic E-state index is 13.8. The van der Waals surface area contributed by atoms with Crippen LogP contribution >= 0.6 is 15.9 Å². The summed E-state index contributed by atoms with van der Waals surface area (Å²) in [4.78, 5) is 28.9. The first kappa shape index (κ1) is 28.5. The van der Waals surface area contributed by atoms with Gasteiger partial charge < -0.3 is 15.0 Å². The van der Waals surface area contributed by atoms with Crippen LogP contribution in [-0.2, 0) is 22.6 Å². The van der Waals surface area contributed by atoms with Crippen molar-refractivity contribution in [3.8, 4) is 5.75 Å². The number of halogens is 1. The molecule has 0 unspecified atom stereocenters. The van der Waals surface area contributed by atoms with Gasteiger partial charge in [0.25, 0.3) is 5.91 Å². The molecule has 196 valence electrons. The Kier molecular flexibility index (Phi) is 10.8. The first-order valence-corrected chi connectivity index (χ1v) is 13.6. The SMILES string of the molecule is CC(C)CNC(=O)[C@@H](Cc1ccccc1)N(Cc1ccc(Br)cc1)C(=O)COc1ccccc1C(C)C. The van der Waals surface area contributed by atoms with Gasteiger partial charge in [0.05, 0.1) is 0 Å². The predicted octanol–water partition coefficient (Wildman–Crippen LogP) is 6.36. The van der Waals surface area contributed by atoms with Crippen LogP contribution in [0.25, 0.3) is 0 Å². The van der Waals surface area contributed by atoms with E-state index in [1.807, 2.05) is 78.9 Å². The maximum Gasteiger partial charge on any atom is 0.261 e. The van der Waals surface area contributed by atoms with Crippen molar-refractivity contribution >= 4 is 27.7 Å². The molecular weight excluding hydrogens is 528 g/mol. The molecule has 5 nitrogen and oxygen atoms in total. The molecule has 0 saturated heterocycles. The van der Waals surface area contributed by atoms with Crippen LogP contribution < -0.4 is 10.1 Å². The molecule has 3 aromatic carbocycles. The molecule has 1 atom stereocenters. The van der Waals surface area contributed by atoms with Crippen molar-refractivity contribution in [1.29, 1.82) is 0 Å². The van der Waals surface area contributed by atoms with Crippen molar-refractivity contribution < 1.29 is 14.3 Å². The molecule has 0 radical (unpaired) electrons. The predicted molar refractivity (Wildman–Crippen MR) is 152 cm³/mol. The number of amides is 2. The van der Waals surface area contributed by atoms with E-state index in [0.717, 1.165) is 21.2 Å². The maximum absolute atomic E-state index is 13.8. The highest BCUT2D eigenvalue weighted by Gasteiger charge is 2.31. The lowest BCUT2D eigenvalue weighted by Gasteiger charge is -2.32. The Hall–Kier alpha value is -3.12. The minimum Gasteiger partial charge on any atom is -0.483 e. The van der Waals surface area contributed by atoms with Crippen molar-refractivity contribution in [3.63, 3.8) is 0 Å². The molecule has 0 aliphatic heterocycles. The summed E-state index contributed by atoms with van der Waals surface area (Å²) < 4.78 is 7.00. The van der Waals surface area contributed by atoms with Crippen LogP contribution in [0.15, 0.2) is 83.3 Å². The molecular formula is C31H37BrN2O3. The van der Waals surface area contributed by atoms with Crippen molar-refractivity contribution in [2.45, 2.75) is 52.6 Å². The lowest BCUT2D eigenvalue weighted by Crippen LogP contribution is -2.52. The molecule has 6 heteroatoms. The highest BCUT2D eigenvalue weighted by Crippen LogP contribution is 2.26. The van der Waals surface area contributed by atoms with Crippen molar-refractivity contribution in [2.24, 2.45) is 5.92 Å². The summed E-state index contributed by atoms with van der Waals surface area (Å²) in [7, 11) is 0. The lowest BCUT2D eigenvalue weighted by atomic mass is 10.0. The van der Waals surface area contributed by atoms with Crippen molar-refractivity contribution in [2.75, 3.05) is 13.2 Å². The normalized spacial score (nSPS) is 11.9. The van der Waals surface area contributed by atoms with Crippen molar-refractivity contribution in [1.82, 2.24) is 10.2 Å². The summed E-state index contributed by atoms with van der Waals surface area (Å²) >= 11 is 3.48. The number of hydrogen-bond donors (Lipinski definition) is 1. The highest BCUT2D eigenvalue weighted by atomic mass is 79.9. The molecule has 0 saturated carbocycles. The summed E-state index contributed by atoms with van der Waals surface area (Å²) in [5, 5.41) is 3.05. The van der Waals surface area contributed by atoms with E-state index in [4.69, 9.17) is 4.74 Å². The monoisotopic (exact) mass is 564 g/mol. The van der Waals surface area contributed by atoms with E-state index >= 15 is 0 Å². The lowest BCUT2D eigenvalue weighted by molar-refractivity contribution is -0.142. The summed E-state index contributed by atoms with van der Waals surface area (Å²) in [6, 6.07) is 24.7. The molecule has 3 rings (SSSR count). The van der Waals surface area contributed by atoms with Gasteiger partial charge in [0.1, 0.15) is 11.8 Å². The Morgan fingerprint density at radius 2 is 1.51 bits per heavy atom.